The Morgan fingerprint density at radius 2 is 1.90 bits per heavy atom. The molecule has 0 saturated carbocycles. The molecule has 0 amide bonds. The van der Waals surface area contributed by atoms with Gasteiger partial charge >= 0.3 is 0 Å². The first-order valence-corrected chi connectivity index (χ1v) is 11.0. The van der Waals surface area contributed by atoms with E-state index in [0.717, 1.165) is 39.4 Å². The van der Waals surface area contributed by atoms with Gasteiger partial charge in [0.2, 0.25) is 0 Å². The van der Waals surface area contributed by atoms with Crippen molar-refractivity contribution in [2.45, 2.75) is 37.6 Å². The van der Waals surface area contributed by atoms with E-state index in [1.165, 1.54) is 25.9 Å². The lowest BCUT2D eigenvalue weighted by Gasteiger charge is -2.11. The van der Waals surface area contributed by atoms with Gasteiger partial charge in [0.05, 0.1) is 47.5 Å². The number of aryl methyl sites for hydroxylation is 1. The van der Waals surface area contributed by atoms with Crippen LogP contribution in [-0.2, 0) is 16.6 Å². The van der Waals surface area contributed by atoms with Gasteiger partial charge in [0.1, 0.15) is 11.5 Å². The highest BCUT2D eigenvalue weighted by molar-refractivity contribution is 7.84. The summed E-state index contributed by atoms with van der Waals surface area (Å²) in [6.07, 6.45) is 4.52. The van der Waals surface area contributed by atoms with Crippen LogP contribution in [0.25, 0.3) is 11.0 Å². The molecule has 8 heteroatoms. The average Bonchev–Trinajstić information content (AvgIpc) is 3.43. The molecule has 3 heterocycles. The molecule has 0 aliphatic carbocycles. The minimum Gasteiger partial charge on any atom is -0.497 e. The van der Waals surface area contributed by atoms with E-state index in [2.05, 4.69) is 20.3 Å². The number of nitrogens with one attached hydrogen (secondary N) is 2. The highest BCUT2D eigenvalue weighted by Gasteiger charge is 2.16. The number of pyridine rings is 1. The SMILES string of the molecule is C1CCNC1.COc1ccc2nc([S@@](=O)Cc3ncc(C)c(OC)c3C)[nH]c2c1. The van der Waals surface area contributed by atoms with Crippen molar-refractivity contribution in [1.29, 1.82) is 0 Å². The Hall–Kier alpha value is -2.45. The number of aromatic nitrogens is 3. The van der Waals surface area contributed by atoms with Crippen molar-refractivity contribution >= 4 is 21.8 Å². The number of fused-ring (bicyclic) bond motifs is 1. The number of hydrogen-bond acceptors (Lipinski definition) is 6. The van der Waals surface area contributed by atoms with Crippen LogP contribution in [0.2, 0.25) is 0 Å². The number of hydrogen-bond donors (Lipinski definition) is 2. The monoisotopic (exact) mass is 416 g/mol. The topological polar surface area (TPSA) is 89.1 Å². The van der Waals surface area contributed by atoms with Crippen LogP contribution in [-0.4, -0.2) is 46.5 Å². The predicted molar refractivity (Wildman–Crippen MR) is 115 cm³/mol. The predicted octanol–water partition coefficient (Wildman–Crippen LogP) is 3.27. The Morgan fingerprint density at radius 3 is 2.52 bits per heavy atom. The lowest BCUT2D eigenvalue weighted by atomic mass is 10.1. The van der Waals surface area contributed by atoms with E-state index in [9.17, 15) is 4.21 Å². The molecule has 0 spiro atoms. The van der Waals surface area contributed by atoms with Crippen LogP contribution >= 0.6 is 0 Å². The molecule has 156 valence electrons. The maximum absolute atomic E-state index is 12.7. The number of aromatic amines is 1. The second-order valence-electron chi connectivity index (χ2n) is 6.92. The number of imidazole rings is 1. The van der Waals surface area contributed by atoms with Crippen LogP contribution < -0.4 is 14.8 Å². The van der Waals surface area contributed by atoms with Crippen molar-refractivity contribution < 1.29 is 13.7 Å². The van der Waals surface area contributed by atoms with Gasteiger partial charge in [-0.3, -0.25) is 9.19 Å². The molecular formula is C21H28N4O3S. The Bertz CT molecular complexity index is 991. The van der Waals surface area contributed by atoms with E-state index >= 15 is 0 Å². The minimum atomic E-state index is -1.33. The van der Waals surface area contributed by atoms with Crippen LogP contribution in [0, 0.1) is 13.8 Å². The largest absolute Gasteiger partial charge is 0.497 e. The fourth-order valence-electron chi connectivity index (χ4n) is 3.23. The van der Waals surface area contributed by atoms with Crippen LogP contribution in [0.3, 0.4) is 0 Å². The summed E-state index contributed by atoms with van der Waals surface area (Å²) < 4.78 is 23.3. The number of rotatable bonds is 5. The summed E-state index contributed by atoms with van der Waals surface area (Å²) in [5.41, 5.74) is 4.16. The fraction of sp³-hybridized carbons (Fsp3) is 0.429. The maximum Gasteiger partial charge on any atom is 0.197 e. The smallest absolute Gasteiger partial charge is 0.197 e. The van der Waals surface area contributed by atoms with Gasteiger partial charge in [-0.15, -0.1) is 0 Å². The Balaban J connectivity index is 0.000000419. The molecule has 0 bridgehead atoms. The molecule has 0 radical (unpaired) electrons. The molecule has 1 aromatic carbocycles. The zero-order valence-electron chi connectivity index (χ0n) is 17.4. The van der Waals surface area contributed by atoms with Crippen LogP contribution in [0.15, 0.2) is 29.6 Å². The molecule has 0 unspecified atom stereocenters. The summed E-state index contributed by atoms with van der Waals surface area (Å²) in [5, 5.41) is 3.65. The van der Waals surface area contributed by atoms with Crippen molar-refractivity contribution in [2.75, 3.05) is 27.3 Å². The van der Waals surface area contributed by atoms with Crippen molar-refractivity contribution in [3.05, 3.63) is 41.2 Å². The minimum absolute atomic E-state index is 0.277. The van der Waals surface area contributed by atoms with Gasteiger partial charge in [-0.2, -0.15) is 0 Å². The first-order valence-electron chi connectivity index (χ1n) is 9.65. The number of benzene rings is 1. The zero-order valence-corrected chi connectivity index (χ0v) is 18.2. The summed E-state index contributed by atoms with van der Waals surface area (Å²) in [6.45, 7) is 6.36. The van der Waals surface area contributed by atoms with E-state index in [-0.39, 0.29) is 5.75 Å². The van der Waals surface area contributed by atoms with Crippen LogP contribution in [0.5, 0.6) is 11.5 Å². The van der Waals surface area contributed by atoms with Gasteiger partial charge in [0, 0.05) is 23.4 Å². The highest BCUT2D eigenvalue weighted by atomic mass is 32.2. The molecular weight excluding hydrogens is 388 g/mol. The fourth-order valence-corrected chi connectivity index (χ4v) is 4.33. The number of methoxy groups -OCH3 is 2. The second-order valence-corrected chi connectivity index (χ2v) is 8.28. The van der Waals surface area contributed by atoms with Gasteiger partial charge < -0.3 is 19.8 Å². The van der Waals surface area contributed by atoms with Crippen molar-refractivity contribution in [3.63, 3.8) is 0 Å². The van der Waals surface area contributed by atoms with Gasteiger partial charge in [-0.25, -0.2) is 4.98 Å². The molecule has 7 nitrogen and oxygen atoms in total. The quantitative estimate of drug-likeness (QED) is 0.664. The van der Waals surface area contributed by atoms with E-state index in [4.69, 9.17) is 9.47 Å². The van der Waals surface area contributed by atoms with Crippen molar-refractivity contribution in [2.24, 2.45) is 0 Å². The van der Waals surface area contributed by atoms with E-state index in [1.54, 1.807) is 20.4 Å². The van der Waals surface area contributed by atoms with Crippen molar-refractivity contribution in [1.82, 2.24) is 20.3 Å². The normalized spacial score (nSPS) is 14.3. The molecule has 3 aromatic rings. The molecule has 29 heavy (non-hydrogen) atoms. The molecule has 1 saturated heterocycles. The van der Waals surface area contributed by atoms with Gasteiger partial charge in [-0.05, 0) is 51.9 Å². The lowest BCUT2D eigenvalue weighted by Crippen LogP contribution is -2.05. The maximum atomic E-state index is 12.7. The number of ether oxygens (including phenoxy) is 2. The first-order chi connectivity index (χ1) is 14.0. The Labute approximate surface area is 173 Å². The molecule has 2 aromatic heterocycles. The Kier molecular flexibility index (Phi) is 7.22. The van der Waals surface area contributed by atoms with E-state index < -0.39 is 10.8 Å². The number of nitrogens with zero attached hydrogens (tertiary/aromatic N) is 2. The average molecular weight is 417 g/mol. The van der Waals surface area contributed by atoms with Crippen molar-refractivity contribution in [3.8, 4) is 11.5 Å². The van der Waals surface area contributed by atoms with E-state index in [1.807, 2.05) is 32.0 Å². The standard InChI is InChI=1S/C17H19N3O3S.C4H9N/c1-10-8-18-15(11(2)16(10)23-4)9-24(21)17-19-13-6-5-12(22-3)7-14(13)20-17;1-2-4-5-3-1/h5-8H,9H2,1-4H3,(H,19,20);5H,1-4H2/t24-;/m0./s1. The summed E-state index contributed by atoms with van der Waals surface area (Å²) in [7, 11) is 1.91. The summed E-state index contributed by atoms with van der Waals surface area (Å²) >= 11 is 0. The second kappa shape index (κ2) is 9.84. The molecule has 1 fully saturated rings. The summed E-state index contributed by atoms with van der Waals surface area (Å²) in [4.78, 5) is 11.9. The van der Waals surface area contributed by atoms with E-state index in [0.29, 0.717) is 5.16 Å². The molecule has 4 rings (SSSR count). The zero-order chi connectivity index (χ0) is 20.8. The third-order valence-corrected chi connectivity index (χ3v) is 6.02. The number of H-pyrrole nitrogens is 1. The van der Waals surface area contributed by atoms with Gasteiger partial charge in [-0.1, -0.05) is 0 Å². The van der Waals surface area contributed by atoms with Crippen LogP contribution in [0.1, 0.15) is 29.7 Å². The summed E-state index contributed by atoms with van der Waals surface area (Å²) in [5.74, 6) is 1.79. The first kappa shape index (κ1) is 21.3. The third kappa shape index (κ3) is 5.13. The Morgan fingerprint density at radius 1 is 1.14 bits per heavy atom. The molecule has 1 aliphatic rings. The third-order valence-electron chi connectivity index (χ3n) is 4.86. The van der Waals surface area contributed by atoms with Crippen LogP contribution in [0.4, 0.5) is 0 Å². The summed E-state index contributed by atoms with van der Waals surface area (Å²) in [6, 6.07) is 5.50. The lowest BCUT2D eigenvalue weighted by molar-refractivity contribution is 0.407. The molecule has 2 N–H and O–H groups in total. The molecule has 1 aliphatic heterocycles. The highest BCUT2D eigenvalue weighted by Crippen LogP contribution is 2.26. The van der Waals surface area contributed by atoms with Gasteiger partial charge in [0.25, 0.3) is 0 Å². The van der Waals surface area contributed by atoms with Gasteiger partial charge in [0.15, 0.2) is 5.16 Å². The molecule has 1 atom stereocenters.